The second-order valence-corrected chi connectivity index (χ2v) is 5.11. The zero-order valence-electron chi connectivity index (χ0n) is 10.6. The zero-order chi connectivity index (χ0) is 14.8. The first-order valence-corrected chi connectivity index (χ1v) is 6.76. The maximum Gasteiger partial charge on any atom is 0.193 e. The zero-order valence-corrected chi connectivity index (χ0v) is 12.1. The molecule has 3 rings (SSSR count). The van der Waals surface area contributed by atoms with Crippen LogP contribution < -0.4 is 0 Å². The summed E-state index contributed by atoms with van der Waals surface area (Å²) in [4.78, 5) is 0. The molecule has 2 heterocycles. The van der Waals surface area contributed by atoms with Crippen LogP contribution >= 0.6 is 23.2 Å². The van der Waals surface area contributed by atoms with Gasteiger partial charge in [-0.15, -0.1) is 5.10 Å². The normalized spacial score (nSPS) is 10.5. The first kappa shape index (κ1) is 13.7. The van der Waals surface area contributed by atoms with Crippen LogP contribution in [-0.4, -0.2) is 15.0 Å². The highest BCUT2D eigenvalue weighted by Crippen LogP contribution is 2.26. The molecule has 0 aliphatic carbocycles. The Morgan fingerprint density at radius 1 is 1.29 bits per heavy atom. The molecule has 2 aromatic heterocycles. The van der Waals surface area contributed by atoms with Crippen molar-refractivity contribution in [1.82, 2.24) is 15.0 Å². The monoisotopic (exact) mass is 318 g/mol. The minimum atomic E-state index is 0.204. The number of benzene rings is 1. The van der Waals surface area contributed by atoms with Gasteiger partial charge >= 0.3 is 0 Å². The van der Waals surface area contributed by atoms with Gasteiger partial charge in [0, 0.05) is 10.0 Å². The van der Waals surface area contributed by atoms with E-state index >= 15 is 0 Å². The van der Waals surface area contributed by atoms with Crippen LogP contribution in [0.4, 0.5) is 0 Å². The molecule has 3 aromatic rings. The highest BCUT2D eigenvalue weighted by Gasteiger charge is 2.18. The Labute approximate surface area is 130 Å². The highest BCUT2D eigenvalue weighted by atomic mass is 35.5. The molecule has 21 heavy (non-hydrogen) atoms. The van der Waals surface area contributed by atoms with Gasteiger partial charge in [0.1, 0.15) is 11.8 Å². The first-order valence-electron chi connectivity index (χ1n) is 6.00. The van der Waals surface area contributed by atoms with Crippen molar-refractivity contribution in [3.05, 3.63) is 57.9 Å². The summed E-state index contributed by atoms with van der Waals surface area (Å²) in [6.07, 6.45) is 1.53. The fourth-order valence-electron chi connectivity index (χ4n) is 1.97. The average Bonchev–Trinajstić information content (AvgIpc) is 3.10. The number of furan rings is 1. The molecular weight excluding hydrogens is 311 g/mol. The maximum atomic E-state index is 9.14. The number of hydrogen-bond acceptors (Lipinski definition) is 4. The number of hydrogen-bond donors (Lipinski definition) is 0. The van der Waals surface area contributed by atoms with Crippen molar-refractivity contribution in [3.63, 3.8) is 0 Å². The van der Waals surface area contributed by atoms with Gasteiger partial charge in [-0.05, 0) is 29.8 Å². The molecule has 0 radical (unpaired) electrons. The average molecular weight is 319 g/mol. The van der Waals surface area contributed by atoms with Crippen molar-refractivity contribution in [2.24, 2.45) is 0 Å². The summed E-state index contributed by atoms with van der Waals surface area (Å²) >= 11 is 12.0. The topological polar surface area (TPSA) is 67.6 Å². The first-order chi connectivity index (χ1) is 10.2. The van der Waals surface area contributed by atoms with Crippen LogP contribution in [0.25, 0.3) is 11.5 Å². The van der Waals surface area contributed by atoms with E-state index in [4.69, 9.17) is 32.9 Å². The lowest BCUT2D eigenvalue weighted by Crippen LogP contribution is -2.04. The van der Waals surface area contributed by atoms with E-state index < -0.39 is 0 Å². The summed E-state index contributed by atoms with van der Waals surface area (Å²) in [6, 6.07) is 10.7. The van der Waals surface area contributed by atoms with E-state index in [1.807, 2.05) is 12.1 Å². The Morgan fingerprint density at radius 2 is 2.14 bits per heavy atom. The van der Waals surface area contributed by atoms with Crippen molar-refractivity contribution in [3.8, 4) is 17.5 Å². The van der Waals surface area contributed by atoms with Crippen LogP contribution in [0, 0.1) is 11.3 Å². The van der Waals surface area contributed by atoms with Crippen molar-refractivity contribution in [2.45, 2.75) is 6.54 Å². The van der Waals surface area contributed by atoms with E-state index in [1.165, 1.54) is 6.26 Å². The van der Waals surface area contributed by atoms with Crippen LogP contribution in [0.3, 0.4) is 0 Å². The molecule has 0 atom stereocenters. The molecule has 7 heteroatoms. The van der Waals surface area contributed by atoms with Gasteiger partial charge in [0.05, 0.1) is 12.8 Å². The molecular formula is C14H8Cl2N4O. The van der Waals surface area contributed by atoms with Crippen LogP contribution in [0.1, 0.15) is 11.3 Å². The van der Waals surface area contributed by atoms with E-state index in [9.17, 15) is 0 Å². The Hall–Kier alpha value is -2.29. The minimum absolute atomic E-state index is 0.204. The minimum Gasteiger partial charge on any atom is -0.463 e. The molecule has 0 saturated heterocycles. The fourth-order valence-corrected chi connectivity index (χ4v) is 2.44. The molecule has 1 aromatic carbocycles. The summed E-state index contributed by atoms with van der Waals surface area (Å²) in [6.45, 7) is 0.362. The Balaban J connectivity index is 2.04. The van der Waals surface area contributed by atoms with Gasteiger partial charge in [0.2, 0.25) is 0 Å². The van der Waals surface area contributed by atoms with Gasteiger partial charge < -0.3 is 4.42 Å². The highest BCUT2D eigenvalue weighted by molar-refractivity contribution is 6.35. The predicted molar refractivity (Wildman–Crippen MR) is 78.0 cm³/mol. The Kier molecular flexibility index (Phi) is 3.65. The quantitative estimate of drug-likeness (QED) is 0.737. The molecule has 0 spiro atoms. The van der Waals surface area contributed by atoms with Crippen molar-refractivity contribution in [1.29, 1.82) is 5.26 Å². The maximum absolute atomic E-state index is 9.14. The third-order valence-corrected chi connectivity index (χ3v) is 3.52. The molecule has 104 valence electrons. The number of nitriles is 1. The van der Waals surface area contributed by atoms with Gasteiger partial charge in [-0.25, -0.2) is 4.68 Å². The molecule has 5 nitrogen and oxygen atoms in total. The van der Waals surface area contributed by atoms with E-state index in [-0.39, 0.29) is 5.69 Å². The Morgan fingerprint density at radius 3 is 2.81 bits per heavy atom. The molecule has 0 fully saturated rings. The number of rotatable bonds is 3. The lowest BCUT2D eigenvalue weighted by molar-refractivity contribution is 0.566. The summed E-state index contributed by atoms with van der Waals surface area (Å²) in [5.74, 6) is 0.529. The Bertz CT molecular complexity index is 818. The lowest BCUT2D eigenvalue weighted by atomic mass is 10.2. The van der Waals surface area contributed by atoms with Gasteiger partial charge in [0.15, 0.2) is 11.5 Å². The summed E-state index contributed by atoms with van der Waals surface area (Å²) < 4.78 is 6.92. The van der Waals surface area contributed by atoms with E-state index in [0.717, 1.165) is 5.56 Å². The molecule has 0 aliphatic rings. The van der Waals surface area contributed by atoms with Gasteiger partial charge in [0.25, 0.3) is 0 Å². The number of nitrogens with zero attached hydrogens (tertiary/aromatic N) is 4. The summed E-state index contributed by atoms with van der Waals surface area (Å²) in [7, 11) is 0. The van der Waals surface area contributed by atoms with Gasteiger partial charge in [-0.3, -0.25) is 0 Å². The second kappa shape index (κ2) is 5.60. The smallest absolute Gasteiger partial charge is 0.193 e. The summed E-state index contributed by atoms with van der Waals surface area (Å²) in [5.41, 5.74) is 1.55. The molecule has 0 unspecified atom stereocenters. The van der Waals surface area contributed by atoms with E-state index in [1.54, 1.807) is 28.9 Å². The third kappa shape index (κ3) is 2.64. The number of aromatic nitrogens is 3. The molecule has 0 aliphatic heterocycles. The fraction of sp³-hybridized carbons (Fsp3) is 0.0714. The number of halogens is 2. The van der Waals surface area contributed by atoms with Crippen LogP contribution in [0.2, 0.25) is 10.0 Å². The predicted octanol–water partition coefficient (Wildman–Crippen LogP) is 3.76. The van der Waals surface area contributed by atoms with Crippen molar-refractivity contribution < 1.29 is 4.42 Å². The van der Waals surface area contributed by atoms with Crippen molar-refractivity contribution in [2.75, 3.05) is 0 Å². The van der Waals surface area contributed by atoms with Crippen LogP contribution in [-0.2, 0) is 6.54 Å². The molecule has 0 N–H and O–H groups in total. The lowest BCUT2D eigenvalue weighted by Gasteiger charge is -2.07. The SMILES string of the molecule is N#Cc1nnn(Cc2ccc(Cl)cc2Cl)c1-c1ccco1. The van der Waals surface area contributed by atoms with E-state index in [2.05, 4.69) is 10.3 Å². The molecule has 0 bridgehead atoms. The van der Waals surface area contributed by atoms with Crippen molar-refractivity contribution >= 4 is 23.2 Å². The van der Waals surface area contributed by atoms with E-state index in [0.29, 0.717) is 28.0 Å². The molecule has 0 saturated carbocycles. The van der Waals surface area contributed by atoms with Gasteiger partial charge in [-0.2, -0.15) is 5.26 Å². The standard InChI is InChI=1S/C14H8Cl2N4O/c15-10-4-3-9(11(16)6-10)8-20-14(12(7-17)18-19-20)13-2-1-5-21-13/h1-6H,8H2. The second-order valence-electron chi connectivity index (χ2n) is 4.27. The third-order valence-electron chi connectivity index (χ3n) is 2.93. The molecule has 0 amide bonds. The largest absolute Gasteiger partial charge is 0.463 e. The van der Waals surface area contributed by atoms with Crippen LogP contribution in [0.5, 0.6) is 0 Å². The van der Waals surface area contributed by atoms with Crippen LogP contribution in [0.15, 0.2) is 41.0 Å². The van der Waals surface area contributed by atoms with Gasteiger partial charge in [-0.1, -0.05) is 34.5 Å². The summed E-state index contributed by atoms with van der Waals surface area (Å²) in [5, 5.41) is 18.1.